The van der Waals surface area contributed by atoms with Crippen molar-refractivity contribution in [3.05, 3.63) is 28.3 Å². The molecule has 5 heteroatoms. The minimum absolute atomic E-state index is 0.280. The van der Waals surface area contributed by atoms with Crippen molar-refractivity contribution < 1.29 is 13.2 Å². The van der Waals surface area contributed by atoms with Gasteiger partial charge in [-0.15, -0.1) is 0 Å². The van der Waals surface area contributed by atoms with E-state index >= 15 is 0 Å². The van der Waals surface area contributed by atoms with Crippen molar-refractivity contribution in [1.82, 2.24) is 4.98 Å². The smallest absolute Gasteiger partial charge is 0.241 e. The highest BCUT2D eigenvalue weighted by molar-refractivity contribution is 6.30. The molecule has 0 spiro atoms. The molecule has 0 aliphatic carbocycles. The lowest BCUT2D eigenvalue weighted by Gasteiger charge is -2.04. The number of hydrogen-bond donors (Lipinski definition) is 0. The molecule has 0 bridgehead atoms. The molecule has 0 fully saturated rings. The van der Waals surface area contributed by atoms with E-state index in [1.165, 1.54) is 6.92 Å². The summed E-state index contributed by atoms with van der Waals surface area (Å²) in [5.74, 6) is -1.01. The molecule has 0 N–H and O–H groups in total. The van der Waals surface area contributed by atoms with Crippen LogP contribution in [0.15, 0.2) is 6.07 Å². The van der Waals surface area contributed by atoms with Gasteiger partial charge in [0.1, 0.15) is 11.0 Å². The van der Waals surface area contributed by atoms with Gasteiger partial charge in [-0.3, -0.25) is 0 Å². The lowest BCUT2D eigenvalue weighted by atomic mass is 10.2. The van der Waals surface area contributed by atoms with Crippen LogP contribution in [-0.2, 0) is 0 Å². The molecule has 1 aromatic rings. The molecule has 0 atom stereocenters. The molecular formula is C7H5ClF3N. The zero-order valence-corrected chi connectivity index (χ0v) is 6.87. The maximum absolute atomic E-state index is 12.8. The summed E-state index contributed by atoms with van der Waals surface area (Å²) >= 11 is 5.30. The monoisotopic (exact) mass is 195 g/mol. The van der Waals surface area contributed by atoms with Crippen LogP contribution in [0.3, 0.4) is 0 Å². The number of rotatable bonds is 1. The Hall–Kier alpha value is -0.770. The predicted octanol–water partition coefficient (Wildman–Crippen LogP) is 3.12. The van der Waals surface area contributed by atoms with Crippen LogP contribution in [0.1, 0.15) is 17.7 Å². The fourth-order valence-corrected chi connectivity index (χ4v) is 1.11. The van der Waals surface area contributed by atoms with E-state index < -0.39 is 23.0 Å². The molecule has 1 rings (SSSR count). The number of halogens is 4. The third kappa shape index (κ3) is 1.69. The second kappa shape index (κ2) is 3.31. The molecular weight excluding hydrogens is 191 g/mol. The fraction of sp³-hybridized carbons (Fsp3) is 0.286. The Bertz CT molecular complexity index is 278. The number of nitrogens with zero attached hydrogens (tertiary/aromatic N) is 1. The van der Waals surface area contributed by atoms with Crippen molar-refractivity contribution in [3.63, 3.8) is 0 Å². The highest BCUT2D eigenvalue weighted by Crippen LogP contribution is 2.28. The van der Waals surface area contributed by atoms with Crippen LogP contribution < -0.4 is 0 Å². The Kier molecular flexibility index (Phi) is 2.57. The lowest BCUT2D eigenvalue weighted by Crippen LogP contribution is -1.96. The van der Waals surface area contributed by atoms with E-state index in [-0.39, 0.29) is 5.69 Å². The van der Waals surface area contributed by atoms with Gasteiger partial charge in [0.25, 0.3) is 6.43 Å². The van der Waals surface area contributed by atoms with Crippen molar-refractivity contribution in [2.45, 2.75) is 13.3 Å². The van der Waals surface area contributed by atoms with Gasteiger partial charge in [-0.25, -0.2) is 18.2 Å². The molecule has 0 aliphatic heterocycles. The SMILES string of the molecule is Cc1cc(F)c(C(F)F)c(Cl)n1. The van der Waals surface area contributed by atoms with Crippen LogP contribution in [0.25, 0.3) is 0 Å². The van der Waals surface area contributed by atoms with Gasteiger partial charge in [0.15, 0.2) is 0 Å². The average Bonchev–Trinajstić information content (AvgIpc) is 1.82. The van der Waals surface area contributed by atoms with Gasteiger partial charge in [-0.05, 0) is 13.0 Å². The second-order valence-corrected chi connectivity index (χ2v) is 2.61. The average molecular weight is 196 g/mol. The van der Waals surface area contributed by atoms with E-state index in [0.29, 0.717) is 0 Å². The van der Waals surface area contributed by atoms with E-state index in [0.717, 1.165) is 6.07 Å². The van der Waals surface area contributed by atoms with E-state index in [9.17, 15) is 13.2 Å². The maximum Gasteiger partial charge on any atom is 0.269 e. The topological polar surface area (TPSA) is 12.9 Å². The maximum atomic E-state index is 12.8. The van der Waals surface area contributed by atoms with Gasteiger partial charge in [-0.1, -0.05) is 11.6 Å². The van der Waals surface area contributed by atoms with E-state index in [1.54, 1.807) is 0 Å². The largest absolute Gasteiger partial charge is 0.269 e. The van der Waals surface area contributed by atoms with Crippen LogP contribution in [0.5, 0.6) is 0 Å². The zero-order chi connectivity index (χ0) is 9.30. The third-order valence-electron chi connectivity index (χ3n) is 1.31. The molecule has 12 heavy (non-hydrogen) atoms. The van der Waals surface area contributed by atoms with Crippen molar-refractivity contribution >= 4 is 11.6 Å². The summed E-state index contributed by atoms with van der Waals surface area (Å²) < 4.78 is 36.9. The molecule has 0 saturated heterocycles. The molecule has 0 aromatic carbocycles. The lowest BCUT2D eigenvalue weighted by molar-refractivity contribution is 0.146. The Labute approximate surface area is 72.2 Å². The standard InChI is InChI=1S/C7H5ClF3N/c1-3-2-4(9)5(7(10)11)6(8)12-3/h2,7H,1H3. The number of alkyl halides is 2. The van der Waals surface area contributed by atoms with E-state index in [1.807, 2.05) is 0 Å². The van der Waals surface area contributed by atoms with E-state index in [2.05, 4.69) is 4.98 Å². The third-order valence-corrected chi connectivity index (χ3v) is 1.60. The minimum Gasteiger partial charge on any atom is -0.241 e. The summed E-state index contributed by atoms with van der Waals surface area (Å²) in [4.78, 5) is 3.50. The molecule has 1 heterocycles. The predicted molar refractivity (Wildman–Crippen MR) is 38.9 cm³/mol. The fourth-order valence-electron chi connectivity index (χ4n) is 0.801. The molecule has 1 aromatic heterocycles. The first-order valence-corrected chi connectivity index (χ1v) is 3.51. The normalized spacial score (nSPS) is 10.8. The molecule has 0 saturated carbocycles. The number of pyridine rings is 1. The van der Waals surface area contributed by atoms with Gasteiger partial charge in [-0.2, -0.15) is 0 Å². The molecule has 0 unspecified atom stereocenters. The van der Waals surface area contributed by atoms with Crippen LogP contribution in [0.4, 0.5) is 13.2 Å². The second-order valence-electron chi connectivity index (χ2n) is 2.25. The summed E-state index contributed by atoms with van der Waals surface area (Å²) in [6, 6.07) is 0.924. The van der Waals surface area contributed by atoms with Crippen molar-refractivity contribution in [3.8, 4) is 0 Å². The Morgan fingerprint density at radius 1 is 1.50 bits per heavy atom. The molecule has 0 amide bonds. The first-order valence-electron chi connectivity index (χ1n) is 3.13. The molecule has 0 aliphatic rings. The van der Waals surface area contributed by atoms with Crippen LogP contribution >= 0.6 is 11.6 Å². The van der Waals surface area contributed by atoms with Gasteiger partial charge >= 0.3 is 0 Å². The van der Waals surface area contributed by atoms with Gasteiger partial charge in [0.05, 0.1) is 5.56 Å². The quantitative estimate of drug-likeness (QED) is 0.628. The molecule has 1 nitrogen and oxygen atoms in total. The summed E-state index contributed by atoms with van der Waals surface area (Å²) in [5, 5.41) is -0.470. The number of aromatic nitrogens is 1. The first-order chi connectivity index (χ1) is 5.52. The van der Waals surface area contributed by atoms with Crippen LogP contribution in [-0.4, -0.2) is 4.98 Å². The zero-order valence-electron chi connectivity index (χ0n) is 6.11. The van der Waals surface area contributed by atoms with Crippen molar-refractivity contribution in [1.29, 1.82) is 0 Å². The summed E-state index contributed by atoms with van der Waals surface area (Å²) in [6.07, 6.45) is -2.93. The molecule has 66 valence electrons. The van der Waals surface area contributed by atoms with E-state index in [4.69, 9.17) is 11.6 Å². The highest BCUT2D eigenvalue weighted by Gasteiger charge is 2.18. The van der Waals surface area contributed by atoms with Crippen LogP contribution in [0, 0.1) is 12.7 Å². The Morgan fingerprint density at radius 3 is 2.50 bits per heavy atom. The molecule has 0 radical (unpaired) electrons. The van der Waals surface area contributed by atoms with Gasteiger partial charge in [0, 0.05) is 5.69 Å². The Balaban J connectivity index is 3.28. The first kappa shape index (κ1) is 9.32. The van der Waals surface area contributed by atoms with Crippen molar-refractivity contribution in [2.75, 3.05) is 0 Å². The number of aryl methyl sites for hydroxylation is 1. The van der Waals surface area contributed by atoms with Crippen molar-refractivity contribution in [2.24, 2.45) is 0 Å². The summed E-state index contributed by atoms with van der Waals surface area (Å²) in [6.45, 7) is 1.48. The van der Waals surface area contributed by atoms with Gasteiger partial charge in [0.2, 0.25) is 0 Å². The van der Waals surface area contributed by atoms with Crippen LogP contribution in [0.2, 0.25) is 5.15 Å². The summed E-state index contributed by atoms with van der Waals surface area (Å²) in [7, 11) is 0. The highest BCUT2D eigenvalue weighted by atomic mass is 35.5. The Morgan fingerprint density at radius 2 is 2.08 bits per heavy atom. The van der Waals surface area contributed by atoms with Gasteiger partial charge < -0.3 is 0 Å². The minimum atomic E-state index is -2.93. The summed E-state index contributed by atoms with van der Waals surface area (Å²) in [5.41, 5.74) is -0.552. The number of hydrogen-bond acceptors (Lipinski definition) is 1.